The van der Waals surface area contributed by atoms with E-state index in [2.05, 4.69) is 5.10 Å². The van der Waals surface area contributed by atoms with Crippen LogP contribution in [0.15, 0.2) is 23.3 Å². The van der Waals surface area contributed by atoms with Gasteiger partial charge in [-0.1, -0.05) is 11.6 Å². The van der Waals surface area contributed by atoms with Gasteiger partial charge >= 0.3 is 0 Å². The number of hydrazone groups is 1. The van der Waals surface area contributed by atoms with Gasteiger partial charge in [-0.15, -0.1) is 0 Å². The Morgan fingerprint density at radius 1 is 1.53 bits per heavy atom. The Kier molecular flexibility index (Phi) is 2.36. The summed E-state index contributed by atoms with van der Waals surface area (Å²) < 4.78 is 0. The van der Waals surface area contributed by atoms with Gasteiger partial charge in [0.2, 0.25) is 5.91 Å². The maximum atomic E-state index is 11.3. The number of hydrogen-bond donors (Lipinski definition) is 1. The highest BCUT2D eigenvalue weighted by molar-refractivity contribution is 6.31. The second kappa shape index (κ2) is 3.55. The van der Waals surface area contributed by atoms with Crippen molar-refractivity contribution in [3.05, 3.63) is 28.8 Å². The normalized spacial score (nSPS) is 15.7. The summed E-state index contributed by atoms with van der Waals surface area (Å²) in [5.74, 6) is -0.00868. The summed E-state index contributed by atoms with van der Waals surface area (Å²) in [6, 6.07) is 4.67. The maximum absolute atomic E-state index is 11.3. The lowest BCUT2D eigenvalue weighted by Gasteiger charge is -2.02. The third kappa shape index (κ3) is 1.80. The van der Waals surface area contributed by atoms with E-state index < -0.39 is 0 Å². The fraction of sp³-hybridized carbons (Fsp3) is 0.200. The molecule has 5 heteroatoms. The number of aromatic hydroxyl groups is 1. The SMILES string of the molecule is CN1N=C(c2cc(Cl)ccc2O)CC1=O. The summed E-state index contributed by atoms with van der Waals surface area (Å²) >= 11 is 5.80. The Morgan fingerprint density at radius 3 is 2.87 bits per heavy atom. The van der Waals surface area contributed by atoms with Crippen molar-refractivity contribution in [1.29, 1.82) is 0 Å². The molecule has 0 aromatic heterocycles. The number of hydrogen-bond acceptors (Lipinski definition) is 3. The van der Waals surface area contributed by atoms with Crippen molar-refractivity contribution in [3.8, 4) is 5.75 Å². The molecule has 0 fully saturated rings. The predicted octanol–water partition coefficient (Wildman–Crippen LogP) is 1.61. The second-order valence-corrected chi connectivity index (χ2v) is 3.74. The standard InChI is InChI=1S/C10H9ClN2O2/c1-13-10(15)5-8(12-13)7-4-6(11)2-3-9(7)14/h2-4,14H,5H2,1H3. The van der Waals surface area contributed by atoms with Crippen molar-refractivity contribution >= 4 is 23.2 Å². The van der Waals surface area contributed by atoms with Crippen molar-refractivity contribution in [3.63, 3.8) is 0 Å². The van der Waals surface area contributed by atoms with Crippen LogP contribution in [-0.4, -0.2) is 28.8 Å². The molecule has 1 aliphatic rings. The van der Waals surface area contributed by atoms with E-state index in [1.54, 1.807) is 19.2 Å². The van der Waals surface area contributed by atoms with Crippen LogP contribution in [0.2, 0.25) is 5.02 Å². The minimum absolute atomic E-state index is 0.0845. The number of phenolic OH excluding ortho intramolecular Hbond substituents is 1. The molecular formula is C10H9ClN2O2. The Labute approximate surface area is 91.8 Å². The first-order valence-electron chi connectivity index (χ1n) is 4.41. The molecule has 1 aliphatic heterocycles. The molecule has 1 heterocycles. The summed E-state index contributed by atoms with van der Waals surface area (Å²) in [5, 5.41) is 15.4. The lowest BCUT2D eigenvalue weighted by molar-refractivity contribution is -0.127. The molecule has 0 aliphatic carbocycles. The van der Waals surface area contributed by atoms with Gasteiger partial charge in [0.15, 0.2) is 0 Å². The lowest BCUT2D eigenvalue weighted by atomic mass is 10.1. The van der Waals surface area contributed by atoms with Gasteiger partial charge in [0.25, 0.3) is 0 Å². The van der Waals surface area contributed by atoms with Crippen molar-refractivity contribution < 1.29 is 9.90 Å². The van der Waals surface area contributed by atoms with E-state index in [0.29, 0.717) is 16.3 Å². The largest absolute Gasteiger partial charge is 0.507 e. The van der Waals surface area contributed by atoms with Crippen LogP contribution in [0, 0.1) is 0 Å². The third-order valence-electron chi connectivity index (χ3n) is 2.22. The van der Waals surface area contributed by atoms with Gasteiger partial charge in [0.05, 0.1) is 12.1 Å². The van der Waals surface area contributed by atoms with Gasteiger partial charge < -0.3 is 5.11 Å². The maximum Gasteiger partial charge on any atom is 0.248 e. The van der Waals surface area contributed by atoms with Crippen LogP contribution >= 0.6 is 11.6 Å². The summed E-state index contributed by atoms with van der Waals surface area (Å²) in [6.45, 7) is 0. The van der Waals surface area contributed by atoms with E-state index in [0.717, 1.165) is 0 Å². The first kappa shape index (κ1) is 9.98. The van der Waals surface area contributed by atoms with E-state index in [4.69, 9.17) is 11.6 Å². The van der Waals surface area contributed by atoms with Gasteiger partial charge in [-0.05, 0) is 18.2 Å². The minimum atomic E-state index is -0.0932. The highest BCUT2D eigenvalue weighted by Crippen LogP contribution is 2.25. The fourth-order valence-electron chi connectivity index (χ4n) is 1.42. The molecule has 0 radical (unpaired) electrons. The number of nitrogens with zero attached hydrogens (tertiary/aromatic N) is 2. The molecule has 0 unspecified atom stereocenters. The molecule has 15 heavy (non-hydrogen) atoms. The van der Waals surface area contributed by atoms with E-state index in [1.807, 2.05) is 0 Å². The fourth-order valence-corrected chi connectivity index (χ4v) is 1.59. The van der Waals surface area contributed by atoms with E-state index >= 15 is 0 Å². The summed E-state index contributed by atoms with van der Waals surface area (Å²) in [6.07, 6.45) is 0.199. The summed E-state index contributed by atoms with van der Waals surface area (Å²) in [5.41, 5.74) is 1.06. The molecule has 0 spiro atoms. The monoisotopic (exact) mass is 224 g/mol. The van der Waals surface area contributed by atoms with Crippen LogP contribution < -0.4 is 0 Å². The summed E-state index contributed by atoms with van der Waals surface area (Å²) in [4.78, 5) is 11.3. The van der Waals surface area contributed by atoms with Gasteiger partial charge in [-0.3, -0.25) is 4.79 Å². The Bertz CT molecular complexity index is 457. The number of rotatable bonds is 1. The molecule has 1 aromatic carbocycles. The van der Waals surface area contributed by atoms with Crippen LogP contribution in [0.5, 0.6) is 5.75 Å². The van der Waals surface area contributed by atoms with Crippen molar-refractivity contribution in [1.82, 2.24) is 5.01 Å². The van der Waals surface area contributed by atoms with Gasteiger partial charge in [0, 0.05) is 17.6 Å². The average Bonchev–Trinajstić information content (AvgIpc) is 2.51. The number of benzene rings is 1. The van der Waals surface area contributed by atoms with Gasteiger partial charge in [-0.25, -0.2) is 5.01 Å². The van der Waals surface area contributed by atoms with E-state index in [-0.39, 0.29) is 18.1 Å². The van der Waals surface area contributed by atoms with Crippen LogP contribution in [0.3, 0.4) is 0 Å². The summed E-state index contributed by atoms with van der Waals surface area (Å²) in [7, 11) is 1.58. The highest BCUT2D eigenvalue weighted by Gasteiger charge is 2.23. The van der Waals surface area contributed by atoms with E-state index in [1.165, 1.54) is 11.1 Å². The molecule has 4 nitrogen and oxygen atoms in total. The number of halogens is 1. The van der Waals surface area contributed by atoms with Crippen LogP contribution in [0.25, 0.3) is 0 Å². The lowest BCUT2D eigenvalue weighted by Crippen LogP contribution is -2.14. The molecule has 0 saturated heterocycles. The van der Waals surface area contributed by atoms with Gasteiger partial charge in [0.1, 0.15) is 5.75 Å². The molecule has 1 aromatic rings. The van der Waals surface area contributed by atoms with Gasteiger partial charge in [-0.2, -0.15) is 5.10 Å². The first-order chi connectivity index (χ1) is 7.08. The Hall–Kier alpha value is -1.55. The molecule has 0 saturated carbocycles. The second-order valence-electron chi connectivity index (χ2n) is 3.30. The Balaban J connectivity index is 2.43. The molecule has 0 bridgehead atoms. The molecule has 1 amide bonds. The number of carbonyl (C=O) groups is 1. The average molecular weight is 225 g/mol. The number of carbonyl (C=O) groups excluding carboxylic acids is 1. The zero-order valence-corrected chi connectivity index (χ0v) is 8.82. The third-order valence-corrected chi connectivity index (χ3v) is 2.45. The van der Waals surface area contributed by atoms with Crippen LogP contribution in [0.4, 0.5) is 0 Å². The molecule has 1 N–H and O–H groups in total. The molecule has 78 valence electrons. The quantitative estimate of drug-likeness (QED) is 0.788. The van der Waals surface area contributed by atoms with E-state index in [9.17, 15) is 9.90 Å². The first-order valence-corrected chi connectivity index (χ1v) is 4.78. The number of amides is 1. The molecule has 2 rings (SSSR count). The topological polar surface area (TPSA) is 52.9 Å². The smallest absolute Gasteiger partial charge is 0.248 e. The molecular weight excluding hydrogens is 216 g/mol. The highest BCUT2D eigenvalue weighted by atomic mass is 35.5. The van der Waals surface area contributed by atoms with Crippen LogP contribution in [0.1, 0.15) is 12.0 Å². The zero-order chi connectivity index (χ0) is 11.0. The molecule has 0 atom stereocenters. The Morgan fingerprint density at radius 2 is 2.27 bits per heavy atom. The predicted molar refractivity (Wildman–Crippen MR) is 57.0 cm³/mol. The van der Waals surface area contributed by atoms with Crippen molar-refractivity contribution in [2.75, 3.05) is 7.05 Å². The minimum Gasteiger partial charge on any atom is -0.507 e. The zero-order valence-electron chi connectivity index (χ0n) is 8.07. The number of phenols is 1. The van der Waals surface area contributed by atoms with Crippen LogP contribution in [-0.2, 0) is 4.79 Å². The van der Waals surface area contributed by atoms with Crippen molar-refractivity contribution in [2.24, 2.45) is 5.10 Å². The van der Waals surface area contributed by atoms with Crippen molar-refractivity contribution in [2.45, 2.75) is 6.42 Å².